The van der Waals surface area contributed by atoms with Crippen LogP contribution in [0.5, 0.6) is 0 Å². The highest BCUT2D eigenvalue weighted by Crippen LogP contribution is 2.10. The van der Waals surface area contributed by atoms with Crippen LogP contribution in [0.4, 0.5) is 0 Å². The number of rotatable bonds is 12. The molecule has 0 aliphatic carbocycles. The first-order valence-electron chi connectivity index (χ1n) is 9.49. The summed E-state index contributed by atoms with van der Waals surface area (Å²) in [4.78, 5) is 21.9. The Morgan fingerprint density at radius 3 is 2.46 bits per heavy atom. The van der Waals surface area contributed by atoms with Crippen molar-refractivity contribution in [1.29, 1.82) is 0 Å². The van der Waals surface area contributed by atoms with Crippen LogP contribution in [0.15, 0.2) is 12.2 Å². The Hall–Kier alpha value is -2.20. The lowest BCUT2D eigenvalue weighted by Crippen LogP contribution is -2.23. The summed E-state index contributed by atoms with van der Waals surface area (Å²) < 4.78 is 4.71. The van der Waals surface area contributed by atoms with Gasteiger partial charge in [0.25, 0.3) is 0 Å². The highest BCUT2D eigenvalue weighted by molar-refractivity contribution is 5.77. The quantitative estimate of drug-likeness (QED) is 0.310. The number of aliphatic carboxylic acids is 1. The molecule has 0 aromatic heterocycles. The van der Waals surface area contributed by atoms with E-state index in [2.05, 4.69) is 43.6 Å². The summed E-state index contributed by atoms with van der Waals surface area (Å²) in [6.07, 6.45) is 11.5. The Labute approximate surface area is 158 Å². The van der Waals surface area contributed by atoms with Crippen molar-refractivity contribution in [3.8, 4) is 23.7 Å². The van der Waals surface area contributed by atoms with Crippen LogP contribution in [-0.2, 0) is 14.3 Å². The summed E-state index contributed by atoms with van der Waals surface area (Å²) in [7, 11) is 0. The number of allylic oxidation sites excluding steroid dienone is 2. The van der Waals surface area contributed by atoms with Gasteiger partial charge < -0.3 is 9.84 Å². The second-order valence-corrected chi connectivity index (χ2v) is 6.68. The Bertz CT molecular complexity index is 552. The third kappa shape index (κ3) is 16.7. The molecule has 26 heavy (non-hydrogen) atoms. The number of hydrogen-bond donors (Lipinski definition) is 1. The zero-order valence-corrected chi connectivity index (χ0v) is 16.3. The molecular formula is C22H32O4. The molecule has 0 aromatic rings. The normalized spacial score (nSPS) is 11.4. The van der Waals surface area contributed by atoms with Crippen molar-refractivity contribution in [2.24, 2.45) is 5.92 Å². The van der Waals surface area contributed by atoms with Gasteiger partial charge in [0.05, 0.1) is 0 Å². The van der Waals surface area contributed by atoms with Crippen molar-refractivity contribution in [3.05, 3.63) is 12.2 Å². The molecule has 0 rings (SSSR count). The van der Waals surface area contributed by atoms with Crippen LogP contribution in [0.25, 0.3) is 0 Å². The second-order valence-electron chi connectivity index (χ2n) is 6.68. The van der Waals surface area contributed by atoms with Crippen LogP contribution >= 0.6 is 0 Å². The van der Waals surface area contributed by atoms with Gasteiger partial charge in [-0.05, 0) is 50.0 Å². The highest BCUT2D eigenvalue weighted by Gasteiger charge is 2.15. The second kappa shape index (κ2) is 16.3. The maximum atomic E-state index is 11.3. The fraction of sp³-hybridized carbons (Fsp3) is 0.636. The molecule has 0 bridgehead atoms. The van der Waals surface area contributed by atoms with E-state index >= 15 is 0 Å². The van der Waals surface area contributed by atoms with Crippen LogP contribution in [0.1, 0.15) is 78.6 Å². The van der Waals surface area contributed by atoms with Gasteiger partial charge in [0.15, 0.2) is 6.10 Å². The molecule has 0 unspecified atom stereocenters. The molecule has 0 amide bonds. The molecule has 1 N–H and O–H groups in total. The third-order valence-electron chi connectivity index (χ3n) is 3.67. The largest absolute Gasteiger partial charge is 0.479 e. The molecule has 0 spiro atoms. The van der Waals surface area contributed by atoms with Crippen LogP contribution in [0.2, 0.25) is 0 Å². The first-order chi connectivity index (χ1) is 12.4. The van der Waals surface area contributed by atoms with Crippen molar-refractivity contribution in [2.45, 2.75) is 84.7 Å². The molecule has 0 aliphatic rings. The Morgan fingerprint density at radius 1 is 1.04 bits per heavy atom. The van der Waals surface area contributed by atoms with E-state index in [9.17, 15) is 9.59 Å². The molecule has 4 heteroatoms. The number of carbonyl (C=O) groups excluding carboxylic acids is 1. The number of hydrogen-bond acceptors (Lipinski definition) is 3. The van der Waals surface area contributed by atoms with Crippen molar-refractivity contribution in [3.63, 3.8) is 0 Å². The van der Waals surface area contributed by atoms with Crippen molar-refractivity contribution in [1.82, 2.24) is 0 Å². The highest BCUT2D eigenvalue weighted by atomic mass is 16.6. The topological polar surface area (TPSA) is 63.6 Å². The van der Waals surface area contributed by atoms with Crippen molar-refractivity contribution >= 4 is 11.9 Å². The predicted octanol–water partition coefficient (Wildman–Crippen LogP) is 4.73. The number of esters is 1. The lowest BCUT2D eigenvalue weighted by molar-refractivity contribution is -0.162. The van der Waals surface area contributed by atoms with Gasteiger partial charge in [-0.3, -0.25) is 4.79 Å². The van der Waals surface area contributed by atoms with Crippen LogP contribution in [-0.4, -0.2) is 23.1 Å². The molecule has 0 saturated carbocycles. The summed E-state index contributed by atoms with van der Waals surface area (Å²) in [5, 5.41) is 8.62. The fourth-order valence-electron chi connectivity index (χ4n) is 2.12. The minimum Gasteiger partial charge on any atom is -0.479 e. The van der Waals surface area contributed by atoms with Gasteiger partial charge in [-0.15, -0.1) is 0 Å². The smallest absolute Gasteiger partial charge is 0.344 e. The third-order valence-corrected chi connectivity index (χ3v) is 3.67. The summed E-state index contributed by atoms with van der Waals surface area (Å²) in [5.74, 6) is 10.4. The minimum atomic E-state index is -1.15. The summed E-state index contributed by atoms with van der Waals surface area (Å²) >= 11 is 0. The van der Waals surface area contributed by atoms with E-state index in [1.807, 2.05) is 6.08 Å². The van der Waals surface area contributed by atoms with Crippen molar-refractivity contribution in [2.75, 3.05) is 0 Å². The van der Waals surface area contributed by atoms with E-state index in [1.165, 1.54) is 39.0 Å². The van der Waals surface area contributed by atoms with Gasteiger partial charge in [0.1, 0.15) is 0 Å². The van der Waals surface area contributed by atoms with E-state index in [-0.39, 0.29) is 6.42 Å². The molecule has 144 valence electrons. The lowest BCUT2D eigenvalue weighted by atomic mass is 10.0. The molecule has 0 saturated heterocycles. The zero-order chi connectivity index (χ0) is 19.6. The standard InChI is InChI=1S/C22H32O4/c1-19(2)17-15-13-11-9-7-5-4-6-8-10-12-14-16-18-21(23)26-20(3)22(24)25/h4-5,19-20H,7,9,11,13-18H2,1-3H3,(H,24,25)/b5-4+/t20-/m0/s1. The van der Waals surface area contributed by atoms with Gasteiger partial charge in [0, 0.05) is 12.8 Å². The molecule has 0 radical (unpaired) electrons. The summed E-state index contributed by atoms with van der Waals surface area (Å²) in [5.41, 5.74) is 0. The Kier molecular flexibility index (Phi) is 14.9. The average molecular weight is 360 g/mol. The van der Waals surface area contributed by atoms with Crippen LogP contribution < -0.4 is 0 Å². The molecule has 1 atom stereocenters. The van der Waals surface area contributed by atoms with E-state index in [4.69, 9.17) is 9.84 Å². The van der Waals surface area contributed by atoms with Crippen molar-refractivity contribution < 1.29 is 19.4 Å². The Balaban J connectivity index is 3.64. The van der Waals surface area contributed by atoms with Gasteiger partial charge in [0.2, 0.25) is 0 Å². The first kappa shape index (κ1) is 23.8. The predicted molar refractivity (Wildman–Crippen MR) is 104 cm³/mol. The molecule has 0 heterocycles. The van der Waals surface area contributed by atoms with Gasteiger partial charge >= 0.3 is 11.9 Å². The van der Waals surface area contributed by atoms with E-state index in [0.717, 1.165) is 12.3 Å². The SMILES string of the molecule is CC(C)CCCCCC/C=C/C#CC#CCCCC(=O)O[C@@H](C)C(=O)O. The van der Waals surface area contributed by atoms with Gasteiger partial charge in [-0.25, -0.2) is 4.79 Å². The number of unbranched alkanes of at least 4 members (excludes halogenated alkanes) is 5. The first-order valence-corrected chi connectivity index (χ1v) is 9.49. The molecule has 0 aliphatic heterocycles. The van der Waals surface area contributed by atoms with Crippen LogP contribution in [0, 0.1) is 29.6 Å². The molecule has 0 fully saturated rings. The number of ether oxygens (including phenoxy) is 1. The van der Waals surface area contributed by atoms with E-state index < -0.39 is 18.0 Å². The average Bonchev–Trinajstić information content (AvgIpc) is 2.57. The van der Waals surface area contributed by atoms with E-state index in [0.29, 0.717) is 12.8 Å². The maximum absolute atomic E-state index is 11.3. The number of carboxylic acids is 1. The van der Waals surface area contributed by atoms with Gasteiger partial charge in [-0.2, -0.15) is 0 Å². The number of carboxylic acid groups (broad SMARTS) is 1. The van der Waals surface area contributed by atoms with E-state index in [1.54, 1.807) is 0 Å². The zero-order valence-electron chi connectivity index (χ0n) is 16.3. The molecule has 4 nitrogen and oxygen atoms in total. The maximum Gasteiger partial charge on any atom is 0.344 e. The minimum absolute atomic E-state index is 0.163. The van der Waals surface area contributed by atoms with Crippen LogP contribution in [0.3, 0.4) is 0 Å². The molecular weight excluding hydrogens is 328 g/mol. The summed E-state index contributed by atoms with van der Waals surface area (Å²) in [6.45, 7) is 5.86. The lowest BCUT2D eigenvalue weighted by Gasteiger charge is -2.07. The number of carbonyl (C=O) groups is 2. The molecule has 0 aromatic carbocycles. The fourth-order valence-corrected chi connectivity index (χ4v) is 2.12. The van der Waals surface area contributed by atoms with Gasteiger partial charge in [-0.1, -0.05) is 57.4 Å². The Morgan fingerprint density at radius 2 is 1.77 bits per heavy atom. The summed E-state index contributed by atoms with van der Waals surface area (Å²) in [6, 6.07) is 0. The monoisotopic (exact) mass is 360 g/mol.